The Labute approximate surface area is 122 Å². The minimum atomic E-state index is -0.612. The maximum Gasteiger partial charge on any atom is 0.271 e. The van der Waals surface area contributed by atoms with Crippen molar-refractivity contribution in [1.82, 2.24) is 19.6 Å². The van der Waals surface area contributed by atoms with Crippen molar-refractivity contribution >= 4 is 11.6 Å². The van der Waals surface area contributed by atoms with Crippen molar-refractivity contribution in [2.75, 3.05) is 5.73 Å². The van der Waals surface area contributed by atoms with Gasteiger partial charge in [-0.15, -0.1) is 0 Å². The van der Waals surface area contributed by atoms with Gasteiger partial charge in [-0.1, -0.05) is 19.3 Å². The van der Waals surface area contributed by atoms with E-state index in [0.29, 0.717) is 18.3 Å². The summed E-state index contributed by atoms with van der Waals surface area (Å²) in [5.74, 6) is -0.612. The molecule has 2 aromatic heterocycles. The SMILES string of the molecule is NC(=O)c1nn(Cc2ccn(C3CCCCC3)n2)cc1N. The molecule has 0 aromatic carbocycles. The van der Waals surface area contributed by atoms with Crippen molar-refractivity contribution < 1.29 is 4.79 Å². The Hall–Kier alpha value is -2.31. The summed E-state index contributed by atoms with van der Waals surface area (Å²) in [6.45, 7) is 0.483. The monoisotopic (exact) mass is 288 g/mol. The van der Waals surface area contributed by atoms with Gasteiger partial charge in [-0.25, -0.2) is 0 Å². The van der Waals surface area contributed by atoms with E-state index in [9.17, 15) is 4.79 Å². The molecule has 0 radical (unpaired) electrons. The number of hydrogen-bond donors (Lipinski definition) is 2. The molecule has 7 heteroatoms. The van der Waals surface area contributed by atoms with Gasteiger partial charge < -0.3 is 11.5 Å². The molecule has 0 aliphatic heterocycles. The lowest BCUT2D eigenvalue weighted by molar-refractivity contribution is 0.0995. The van der Waals surface area contributed by atoms with Gasteiger partial charge in [-0.2, -0.15) is 10.2 Å². The summed E-state index contributed by atoms with van der Waals surface area (Å²) >= 11 is 0. The summed E-state index contributed by atoms with van der Waals surface area (Å²) in [7, 11) is 0. The quantitative estimate of drug-likeness (QED) is 0.885. The third-order valence-corrected chi connectivity index (χ3v) is 3.96. The molecule has 2 aromatic rings. The number of nitrogen functional groups attached to an aromatic ring is 1. The molecule has 1 aliphatic carbocycles. The van der Waals surface area contributed by atoms with E-state index in [0.717, 1.165) is 5.69 Å². The summed E-state index contributed by atoms with van der Waals surface area (Å²) < 4.78 is 3.65. The van der Waals surface area contributed by atoms with Crippen molar-refractivity contribution in [3.8, 4) is 0 Å². The fourth-order valence-corrected chi connectivity index (χ4v) is 2.89. The zero-order valence-corrected chi connectivity index (χ0v) is 11.9. The first-order valence-corrected chi connectivity index (χ1v) is 7.30. The molecular weight excluding hydrogens is 268 g/mol. The topological polar surface area (TPSA) is 105 Å². The molecule has 0 spiro atoms. The van der Waals surface area contributed by atoms with Gasteiger partial charge in [0.2, 0.25) is 0 Å². The van der Waals surface area contributed by atoms with Crippen LogP contribution in [0.4, 0.5) is 5.69 Å². The molecule has 0 atom stereocenters. The number of nitrogens with two attached hydrogens (primary N) is 2. The number of carbonyl (C=O) groups is 1. The molecule has 0 saturated heterocycles. The number of primary amides is 1. The average molecular weight is 288 g/mol. The Kier molecular flexibility index (Phi) is 3.64. The number of anilines is 1. The molecule has 1 saturated carbocycles. The fourth-order valence-electron chi connectivity index (χ4n) is 2.89. The van der Waals surface area contributed by atoms with E-state index in [1.165, 1.54) is 32.1 Å². The molecule has 0 unspecified atom stereocenters. The number of hydrogen-bond acceptors (Lipinski definition) is 4. The molecule has 21 heavy (non-hydrogen) atoms. The van der Waals surface area contributed by atoms with Gasteiger partial charge in [0.25, 0.3) is 5.91 Å². The Morgan fingerprint density at radius 3 is 2.71 bits per heavy atom. The summed E-state index contributed by atoms with van der Waals surface area (Å²) in [6, 6.07) is 2.49. The average Bonchev–Trinajstić information content (AvgIpc) is 3.07. The van der Waals surface area contributed by atoms with Crippen LogP contribution in [0.5, 0.6) is 0 Å². The molecule has 2 heterocycles. The van der Waals surface area contributed by atoms with Crippen LogP contribution in [0.1, 0.15) is 54.3 Å². The van der Waals surface area contributed by atoms with Crippen LogP contribution in [-0.2, 0) is 6.54 Å². The first kappa shape index (κ1) is 13.7. The number of nitrogens with zero attached hydrogens (tertiary/aromatic N) is 4. The normalized spacial score (nSPS) is 16.2. The van der Waals surface area contributed by atoms with Crippen LogP contribution in [-0.4, -0.2) is 25.5 Å². The van der Waals surface area contributed by atoms with Crippen LogP contribution in [0.15, 0.2) is 18.5 Å². The maximum absolute atomic E-state index is 11.1. The highest BCUT2D eigenvalue weighted by atomic mass is 16.1. The molecule has 112 valence electrons. The van der Waals surface area contributed by atoms with Crippen molar-refractivity contribution in [1.29, 1.82) is 0 Å². The smallest absolute Gasteiger partial charge is 0.271 e. The first-order valence-electron chi connectivity index (χ1n) is 7.30. The van der Waals surface area contributed by atoms with E-state index in [1.807, 2.05) is 12.3 Å². The molecule has 0 bridgehead atoms. The van der Waals surface area contributed by atoms with Crippen LogP contribution in [0.25, 0.3) is 0 Å². The Balaban J connectivity index is 1.72. The predicted molar refractivity (Wildman–Crippen MR) is 78.6 cm³/mol. The van der Waals surface area contributed by atoms with Crippen molar-refractivity contribution in [2.24, 2.45) is 5.73 Å². The molecule has 1 amide bonds. The standard InChI is InChI=1S/C14H20N6O/c15-12-9-19(18-13(12)14(16)21)8-10-6-7-20(17-10)11-4-2-1-3-5-11/h6-7,9,11H,1-5,8,15H2,(H2,16,21). The van der Waals surface area contributed by atoms with Crippen molar-refractivity contribution in [2.45, 2.75) is 44.7 Å². The molecule has 4 N–H and O–H groups in total. The van der Waals surface area contributed by atoms with Crippen LogP contribution < -0.4 is 11.5 Å². The largest absolute Gasteiger partial charge is 0.396 e. The number of amides is 1. The fraction of sp³-hybridized carbons (Fsp3) is 0.500. The summed E-state index contributed by atoms with van der Waals surface area (Å²) in [6.07, 6.45) is 9.90. The second kappa shape index (κ2) is 5.59. The van der Waals surface area contributed by atoms with Gasteiger partial charge in [-0.3, -0.25) is 14.2 Å². The lowest BCUT2D eigenvalue weighted by atomic mass is 9.96. The second-order valence-electron chi connectivity index (χ2n) is 5.57. The zero-order valence-electron chi connectivity index (χ0n) is 11.9. The first-order chi connectivity index (χ1) is 10.1. The lowest BCUT2D eigenvalue weighted by Gasteiger charge is -2.21. The number of aromatic nitrogens is 4. The molecule has 1 aliphatic rings. The van der Waals surface area contributed by atoms with E-state index < -0.39 is 5.91 Å². The maximum atomic E-state index is 11.1. The van der Waals surface area contributed by atoms with Crippen LogP contribution in [0, 0.1) is 0 Å². The van der Waals surface area contributed by atoms with Gasteiger partial charge in [0.15, 0.2) is 5.69 Å². The van der Waals surface area contributed by atoms with Crippen LogP contribution >= 0.6 is 0 Å². The number of carbonyl (C=O) groups excluding carboxylic acids is 1. The Bertz CT molecular complexity index is 638. The van der Waals surface area contributed by atoms with Gasteiger partial charge in [-0.05, 0) is 18.9 Å². The van der Waals surface area contributed by atoms with Crippen molar-refractivity contribution in [3.63, 3.8) is 0 Å². The summed E-state index contributed by atoms with van der Waals surface area (Å²) in [5, 5.41) is 8.71. The lowest BCUT2D eigenvalue weighted by Crippen LogP contribution is -2.15. The highest BCUT2D eigenvalue weighted by Gasteiger charge is 2.16. The summed E-state index contributed by atoms with van der Waals surface area (Å²) in [4.78, 5) is 11.1. The molecule has 1 fully saturated rings. The summed E-state index contributed by atoms with van der Waals surface area (Å²) in [5.41, 5.74) is 12.2. The van der Waals surface area contributed by atoms with Crippen molar-refractivity contribution in [3.05, 3.63) is 29.8 Å². The van der Waals surface area contributed by atoms with Gasteiger partial charge in [0, 0.05) is 12.4 Å². The predicted octanol–water partition coefficient (Wildman–Crippen LogP) is 1.31. The van der Waals surface area contributed by atoms with E-state index in [4.69, 9.17) is 11.5 Å². The third kappa shape index (κ3) is 2.91. The minimum Gasteiger partial charge on any atom is -0.396 e. The Morgan fingerprint density at radius 1 is 1.29 bits per heavy atom. The third-order valence-electron chi connectivity index (χ3n) is 3.96. The van der Waals surface area contributed by atoms with Gasteiger partial charge in [0.05, 0.1) is 24.0 Å². The molecular formula is C14H20N6O. The highest BCUT2D eigenvalue weighted by molar-refractivity contribution is 5.95. The van der Waals surface area contributed by atoms with E-state index in [-0.39, 0.29) is 5.69 Å². The van der Waals surface area contributed by atoms with Crippen LogP contribution in [0.2, 0.25) is 0 Å². The van der Waals surface area contributed by atoms with E-state index in [1.54, 1.807) is 10.9 Å². The van der Waals surface area contributed by atoms with Gasteiger partial charge in [0.1, 0.15) is 0 Å². The van der Waals surface area contributed by atoms with Gasteiger partial charge >= 0.3 is 0 Å². The molecule has 7 nitrogen and oxygen atoms in total. The highest BCUT2D eigenvalue weighted by Crippen LogP contribution is 2.27. The van der Waals surface area contributed by atoms with E-state index >= 15 is 0 Å². The minimum absolute atomic E-state index is 0.113. The van der Waals surface area contributed by atoms with Crippen LogP contribution in [0.3, 0.4) is 0 Å². The Morgan fingerprint density at radius 2 is 2.05 bits per heavy atom. The zero-order chi connectivity index (χ0) is 14.8. The number of rotatable bonds is 4. The molecule has 3 rings (SSSR count). The second-order valence-corrected chi connectivity index (χ2v) is 5.57. The van der Waals surface area contributed by atoms with E-state index in [2.05, 4.69) is 14.9 Å².